The normalized spacial score (nSPS) is 10.9. The van der Waals surface area contributed by atoms with E-state index in [9.17, 15) is 29.3 Å². The fourth-order valence-electron chi connectivity index (χ4n) is 2.90. The van der Waals surface area contributed by atoms with Crippen molar-refractivity contribution >= 4 is 17.3 Å². The second-order valence-electron chi connectivity index (χ2n) is 5.76. The second-order valence-corrected chi connectivity index (χ2v) is 5.76. The van der Waals surface area contributed by atoms with E-state index in [1.54, 1.807) is 0 Å². The molecule has 0 saturated carbocycles. The molecule has 28 heavy (non-hydrogen) atoms. The van der Waals surface area contributed by atoms with E-state index in [1.807, 2.05) is 9.97 Å². The van der Waals surface area contributed by atoms with Crippen molar-refractivity contribution in [1.29, 1.82) is 0 Å². The van der Waals surface area contributed by atoms with Crippen LogP contribution in [-0.4, -0.2) is 24.9 Å². The Morgan fingerprint density at radius 3 is 1.79 bits per heavy atom. The largest absolute Gasteiger partial charge is 0.385 e. The van der Waals surface area contributed by atoms with Gasteiger partial charge in [0, 0.05) is 12.1 Å². The van der Waals surface area contributed by atoms with Crippen molar-refractivity contribution in [3.05, 3.63) is 92.7 Å². The molecule has 13 heteroatoms. The number of H-pyrrole nitrogens is 4. The Morgan fingerprint density at radius 1 is 0.857 bits per heavy atom. The van der Waals surface area contributed by atoms with Crippen molar-refractivity contribution in [1.82, 2.24) is 19.9 Å². The zero-order valence-corrected chi connectivity index (χ0v) is 13.9. The molecule has 1 aromatic carbocycles. The van der Waals surface area contributed by atoms with E-state index >= 15 is 0 Å². The van der Waals surface area contributed by atoms with Crippen LogP contribution in [0.2, 0.25) is 0 Å². The maximum atomic E-state index is 12.4. The average Bonchev–Trinajstić information content (AvgIpc) is 2.58. The van der Waals surface area contributed by atoms with Crippen LogP contribution in [-0.2, 0) is 0 Å². The lowest BCUT2D eigenvalue weighted by molar-refractivity contribution is -0.384. The first kappa shape index (κ1) is 18.4. The lowest BCUT2D eigenvalue weighted by Gasteiger charge is -2.19. The van der Waals surface area contributed by atoms with Crippen molar-refractivity contribution in [3.8, 4) is 0 Å². The summed E-state index contributed by atoms with van der Waals surface area (Å²) in [5.41, 5.74) is 7.21. The van der Waals surface area contributed by atoms with Gasteiger partial charge in [-0.05, 0) is 5.56 Å². The molecule has 3 rings (SSSR count). The van der Waals surface area contributed by atoms with E-state index in [0.29, 0.717) is 0 Å². The molecule has 2 heterocycles. The maximum absolute atomic E-state index is 12.4. The van der Waals surface area contributed by atoms with Gasteiger partial charge < -0.3 is 11.5 Å². The van der Waals surface area contributed by atoms with Crippen LogP contribution in [0.25, 0.3) is 0 Å². The fraction of sp³-hybridized carbons (Fsp3) is 0.0667. The molecule has 0 spiro atoms. The number of anilines is 2. The summed E-state index contributed by atoms with van der Waals surface area (Å²) in [5, 5.41) is 11.1. The molecule has 3 aromatic rings. The molecule has 0 aliphatic heterocycles. The number of nitro benzene ring substituents is 1. The highest BCUT2D eigenvalue weighted by molar-refractivity contribution is 5.56. The summed E-state index contributed by atoms with van der Waals surface area (Å²) >= 11 is 0. The van der Waals surface area contributed by atoms with Crippen LogP contribution in [0.15, 0.2) is 43.4 Å². The molecule has 0 bridgehead atoms. The molecule has 144 valence electrons. The van der Waals surface area contributed by atoms with E-state index < -0.39 is 33.3 Å². The average molecular weight is 387 g/mol. The monoisotopic (exact) mass is 387 g/mol. The number of nitrogens with one attached hydrogen (secondary N) is 4. The Morgan fingerprint density at radius 2 is 1.36 bits per heavy atom. The summed E-state index contributed by atoms with van der Waals surface area (Å²) < 4.78 is 0. The lowest BCUT2D eigenvalue weighted by Crippen LogP contribution is -2.34. The van der Waals surface area contributed by atoms with Gasteiger partial charge in [-0.1, -0.05) is 12.1 Å². The Kier molecular flexibility index (Phi) is 4.40. The highest BCUT2D eigenvalue weighted by Crippen LogP contribution is 2.33. The van der Waals surface area contributed by atoms with Gasteiger partial charge in [0.1, 0.15) is 11.6 Å². The second kappa shape index (κ2) is 6.71. The molecular weight excluding hydrogens is 374 g/mol. The smallest absolute Gasteiger partial charge is 0.327 e. The molecule has 8 N–H and O–H groups in total. The number of nitrogens with zero attached hydrogens (tertiary/aromatic N) is 1. The molecule has 0 aliphatic carbocycles. The summed E-state index contributed by atoms with van der Waals surface area (Å²) in [6.07, 6.45) is 0. The molecule has 0 fully saturated rings. The van der Waals surface area contributed by atoms with Crippen LogP contribution in [0.5, 0.6) is 0 Å². The standard InChI is InChI=1S/C15H13N7O6/c16-10-8(12(23)20-14(25)18-10)7(5-2-1-3-6(4-5)22(27)28)9-11(17)19-15(26)21-13(9)24/h1-4,7H,(H4,16,18,20,23,25)(H4,17,19,21,24,26). The summed E-state index contributed by atoms with van der Waals surface area (Å²) in [4.78, 5) is 66.6. The molecule has 2 aromatic heterocycles. The number of aromatic amines is 4. The van der Waals surface area contributed by atoms with E-state index in [2.05, 4.69) is 9.97 Å². The Labute approximate surface area is 153 Å². The third kappa shape index (κ3) is 3.18. The molecule has 13 nitrogen and oxygen atoms in total. The van der Waals surface area contributed by atoms with Gasteiger partial charge in [-0.15, -0.1) is 0 Å². The van der Waals surface area contributed by atoms with Crippen LogP contribution in [0.4, 0.5) is 17.3 Å². The maximum Gasteiger partial charge on any atom is 0.327 e. The Hall–Kier alpha value is -4.42. The van der Waals surface area contributed by atoms with Crippen LogP contribution in [0.1, 0.15) is 22.6 Å². The van der Waals surface area contributed by atoms with Crippen molar-refractivity contribution in [2.75, 3.05) is 11.5 Å². The number of nitrogens with two attached hydrogens (primary N) is 2. The van der Waals surface area contributed by atoms with Crippen molar-refractivity contribution < 1.29 is 4.92 Å². The minimum absolute atomic E-state index is 0.114. The number of nitrogen functional groups attached to an aromatic ring is 2. The minimum atomic E-state index is -1.32. The van der Waals surface area contributed by atoms with Crippen LogP contribution >= 0.6 is 0 Å². The molecular formula is C15H13N7O6. The summed E-state index contributed by atoms with van der Waals surface area (Å²) in [7, 11) is 0. The minimum Gasteiger partial charge on any atom is -0.385 e. The van der Waals surface area contributed by atoms with E-state index in [0.717, 1.165) is 6.07 Å². The first-order valence-electron chi connectivity index (χ1n) is 7.67. The quantitative estimate of drug-likeness (QED) is 0.232. The number of hydrogen-bond acceptors (Lipinski definition) is 8. The SMILES string of the molecule is Nc1[nH]c(=O)[nH]c(=O)c1C(c1cccc([N+](=O)[O-])c1)c1c(N)[nH]c(=O)[nH]c1=O. The van der Waals surface area contributed by atoms with Crippen molar-refractivity contribution in [3.63, 3.8) is 0 Å². The van der Waals surface area contributed by atoms with Gasteiger partial charge in [0.15, 0.2) is 0 Å². The molecule has 0 amide bonds. The number of rotatable bonds is 4. The fourth-order valence-corrected chi connectivity index (χ4v) is 2.90. The summed E-state index contributed by atoms with van der Waals surface area (Å²) in [5.74, 6) is -2.05. The number of non-ortho nitro benzene ring substituents is 1. The first-order chi connectivity index (χ1) is 13.2. The number of aromatic nitrogens is 4. The summed E-state index contributed by atoms with van der Waals surface area (Å²) in [6, 6.07) is 5.08. The molecule has 0 aliphatic rings. The zero-order chi connectivity index (χ0) is 20.6. The molecule has 0 saturated heterocycles. The van der Waals surface area contributed by atoms with Crippen LogP contribution in [0, 0.1) is 10.1 Å². The van der Waals surface area contributed by atoms with Gasteiger partial charge in [0.05, 0.1) is 22.0 Å². The topological polar surface area (TPSA) is 227 Å². The lowest BCUT2D eigenvalue weighted by atomic mass is 9.86. The van der Waals surface area contributed by atoms with Crippen molar-refractivity contribution in [2.45, 2.75) is 5.92 Å². The highest BCUT2D eigenvalue weighted by Gasteiger charge is 2.29. The van der Waals surface area contributed by atoms with Gasteiger partial charge in [0.2, 0.25) is 0 Å². The van der Waals surface area contributed by atoms with E-state index in [4.69, 9.17) is 11.5 Å². The van der Waals surface area contributed by atoms with E-state index in [-0.39, 0.29) is 34.0 Å². The van der Waals surface area contributed by atoms with Crippen molar-refractivity contribution in [2.24, 2.45) is 0 Å². The summed E-state index contributed by atoms with van der Waals surface area (Å²) in [6.45, 7) is 0. The Balaban J connectivity index is 2.44. The van der Waals surface area contributed by atoms with Gasteiger partial charge in [0.25, 0.3) is 16.8 Å². The van der Waals surface area contributed by atoms with Crippen LogP contribution < -0.4 is 34.0 Å². The number of nitro groups is 1. The van der Waals surface area contributed by atoms with Gasteiger partial charge in [-0.3, -0.25) is 39.6 Å². The third-order valence-corrected chi connectivity index (χ3v) is 4.01. The van der Waals surface area contributed by atoms with E-state index in [1.165, 1.54) is 18.2 Å². The highest BCUT2D eigenvalue weighted by atomic mass is 16.6. The van der Waals surface area contributed by atoms with Gasteiger partial charge >= 0.3 is 11.4 Å². The Bertz CT molecular complexity index is 1240. The predicted molar refractivity (Wildman–Crippen MR) is 98.2 cm³/mol. The van der Waals surface area contributed by atoms with Crippen LogP contribution in [0.3, 0.4) is 0 Å². The molecule has 0 atom stereocenters. The zero-order valence-electron chi connectivity index (χ0n) is 13.9. The van der Waals surface area contributed by atoms with Gasteiger partial charge in [-0.2, -0.15) is 0 Å². The predicted octanol–water partition coefficient (Wildman–Crippen LogP) is -1.31. The molecule has 0 unspecified atom stereocenters. The number of benzene rings is 1. The van der Waals surface area contributed by atoms with Gasteiger partial charge in [-0.25, -0.2) is 9.59 Å². The first-order valence-corrected chi connectivity index (χ1v) is 7.67. The third-order valence-electron chi connectivity index (χ3n) is 4.01. The number of hydrogen-bond donors (Lipinski definition) is 6. The molecule has 0 radical (unpaired) electrons.